The van der Waals surface area contributed by atoms with Crippen LogP contribution in [0, 0.1) is 6.92 Å². The molecule has 162 valence electrons. The van der Waals surface area contributed by atoms with Crippen molar-refractivity contribution in [1.82, 2.24) is 10.2 Å². The molecule has 0 aliphatic rings. The van der Waals surface area contributed by atoms with Gasteiger partial charge in [0.15, 0.2) is 0 Å². The Balaban J connectivity index is 2.96. The van der Waals surface area contributed by atoms with E-state index in [4.69, 9.17) is 9.47 Å². The van der Waals surface area contributed by atoms with Crippen molar-refractivity contribution in [2.75, 3.05) is 38.7 Å². The van der Waals surface area contributed by atoms with Crippen LogP contribution in [0.4, 0.5) is 5.00 Å². The Morgan fingerprint density at radius 2 is 1.55 bits per heavy atom. The summed E-state index contributed by atoms with van der Waals surface area (Å²) in [5.74, 6) is -1.81. The van der Waals surface area contributed by atoms with E-state index in [1.54, 1.807) is 32.7 Å². The van der Waals surface area contributed by atoms with Gasteiger partial charge in [-0.3, -0.25) is 14.5 Å². The Labute approximate surface area is 174 Å². The number of nitrogens with one attached hydrogen (secondary N) is 2. The normalized spacial score (nSPS) is 10.8. The summed E-state index contributed by atoms with van der Waals surface area (Å²) >= 11 is 0.961. The highest BCUT2D eigenvalue weighted by Gasteiger charge is 2.27. The molecule has 0 radical (unpaired) electrons. The van der Waals surface area contributed by atoms with E-state index >= 15 is 0 Å². The number of ether oxygens (including phenoxy) is 2. The molecule has 0 aromatic carbocycles. The molecule has 0 unspecified atom stereocenters. The maximum Gasteiger partial charge on any atom is 0.348 e. The lowest BCUT2D eigenvalue weighted by Crippen LogP contribution is -2.41. The fourth-order valence-electron chi connectivity index (χ4n) is 2.52. The number of rotatable bonds is 10. The molecule has 1 rings (SSSR count). The number of carbonyl (C=O) groups excluding carboxylic acids is 4. The molecule has 2 N–H and O–H groups in total. The summed E-state index contributed by atoms with van der Waals surface area (Å²) in [7, 11) is 1.63. The number of carbonyl (C=O) groups is 4. The van der Waals surface area contributed by atoms with Gasteiger partial charge in [-0.1, -0.05) is 0 Å². The summed E-state index contributed by atoms with van der Waals surface area (Å²) in [5.41, 5.74) is 0.528. The van der Waals surface area contributed by atoms with Crippen molar-refractivity contribution in [1.29, 1.82) is 0 Å². The average molecular weight is 428 g/mol. The Kier molecular flexibility index (Phi) is 9.76. The molecule has 0 saturated heterocycles. The zero-order chi connectivity index (χ0) is 22.1. The fraction of sp³-hybridized carbons (Fsp3) is 0.579. The van der Waals surface area contributed by atoms with Gasteiger partial charge in [-0.15, -0.1) is 11.3 Å². The van der Waals surface area contributed by atoms with Crippen molar-refractivity contribution >= 4 is 40.1 Å². The quantitative estimate of drug-likeness (QED) is 0.547. The lowest BCUT2D eigenvalue weighted by molar-refractivity contribution is -0.123. The maximum atomic E-state index is 12.4. The van der Waals surface area contributed by atoms with Gasteiger partial charge in [0.05, 0.1) is 31.9 Å². The zero-order valence-electron chi connectivity index (χ0n) is 17.7. The molecule has 0 aliphatic heterocycles. The van der Waals surface area contributed by atoms with Crippen LogP contribution < -0.4 is 10.6 Å². The van der Waals surface area contributed by atoms with Gasteiger partial charge < -0.3 is 20.1 Å². The van der Waals surface area contributed by atoms with Crippen LogP contribution in [-0.4, -0.2) is 68.0 Å². The topological polar surface area (TPSA) is 114 Å². The summed E-state index contributed by atoms with van der Waals surface area (Å²) in [6.07, 6.45) is 0. The third kappa shape index (κ3) is 7.47. The fourth-order valence-corrected chi connectivity index (χ4v) is 3.63. The van der Waals surface area contributed by atoms with Gasteiger partial charge in [-0.05, 0) is 47.2 Å². The summed E-state index contributed by atoms with van der Waals surface area (Å²) in [5, 5.41) is 5.61. The predicted octanol–water partition coefficient (Wildman–Crippen LogP) is 1.80. The average Bonchev–Trinajstić information content (AvgIpc) is 2.90. The number of anilines is 1. The van der Waals surface area contributed by atoms with Gasteiger partial charge in [0.25, 0.3) is 0 Å². The van der Waals surface area contributed by atoms with Crippen LogP contribution in [0.3, 0.4) is 0 Å². The Morgan fingerprint density at radius 3 is 2.10 bits per heavy atom. The predicted molar refractivity (Wildman–Crippen MR) is 110 cm³/mol. The first-order valence-corrected chi connectivity index (χ1v) is 10.2. The van der Waals surface area contributed by atoms with Crippen LogP contribution in [0.15, 0.2) is 0 Å². The number of amides is 2. The Morgan fingerprint density at radius 1 is 1.00 bits per heavy atom. The summed E-state index contributed by atoms with van der Waals surface area (Å²) < 4.78 is 10.1. The Hall–Kier alpha value is -2.46. The van der Waals surface area contributed by atoms with Crippen molar-refractivity contribution in [3.05, 3.63) is 16.0 Å². The molecule has 0 fully saturated rings. The molecular formula is C19H29N3O6S. The van der Waals surface area contributed by atoms with Gasteiger partial charge >= 0.3 is 11.9 Å². The number of hydrogen-bond donors (Lipinski definition) is 2. The first-order chi connectivity index (χ1) is 13.6. The third-order valence-electron chi connectivity index (χ3n) is 3.62. The number of hydrogen-bond acceptors (Lipinski definition) is 8. The van der Waals surface area contributed by atoms with Gasteiger partial charge in [0, 0.05) is 6.04 Å². The minimum absolute atomic E-state index is 0.00672. The van der Waals surface area contributed by atoms with Crippen LogP contribution in [0.25, 0.3) is 0 Å². The summed E-state index contributed by atoms with van der Waals surface area (Å²) in [6, 6.07) is 0.00672. The number of likely N-dealkylation sites (N-methyl/N-ethyl adjacent to an activating group) is 1. The molecule has 0 aliphatic carbocycles. The standard InChI is InChI=1S/C19H29N3O6S/c1-7-27-18(25)15-12(5)16(19(26)28-8-2)29-17(15)21-14(24)10-22(6)9-13(23)20-11(3)4/h11H,7-10H2,1-6H3,(H,20,23)(H,21,24). The zero-order valence-corrected chi connectivity index (χ0v) is 18.5. The highest BCUT2D eigenvalue weighted by Crippen LogP contribution is 2.34. The highest BCUT2D eigenvalue weighted by atomic mass is 32.1. The molecular weight excluding hydrogens is 398 g/mol. The minimum Gasteiger partial charge on any atom is -0.462 e. The second-order valence-corrected chi connectivity index (χ2v) is 7.66. The SMILES string of the molecule is CCOC(=O)c1sc(NC(=O)CN(C)CC(=O)NC(C)C)c(C(=O)OCC)c1C. The number of thiophene rings is 1. The van der Waals surface area contributed by atoms with Crippen molar-refractivity contribution < 1.29 is 28.7 Å². The summed E-state index contributed by atoms with van der Waals surface area (Å²) in [4.78, 5) is 50.5. The molecule has 2 amide bonds. The summed E-state index contributed by atoms with van der Waals surface area (Å²) in [6.45, 7) is 8.98. The monoisotopic (exact) mass is 427 g/mol. The number of nitrogens with zero attached hydrogens (tertiary/aromatic N) is 1. The second kappa shape index (κ2) is 11.5. The van der Waals surface area contributed by atoms with E-state index in [-0.39, 0.29) is 53.7 Å². The lowest BCUT2D eigenvalue weighted by Gasteiger charge is -2.17. The molecule has 0 spiro atoms. The van der Waals surface area contributed by atoms with E-state index in [2.05, 4.69) is 10.6 Å². The largest absolute Gasteiger partial charge is 0.462 e. The van der Waals surface area contributed by atoms with Gasteiger partial charge in [-0.25, -0.2) is 9.59 Å². The second-order valence-electron chi connectivity index (χ2n) is 6.64. The van der Waals surface area contributed by atoms with E-state index in [9.17, 15) is 19.2 Å². The molecule has 1 aromatic rings. The molecule has 29 heavy (non-hydrogen) atoms. The van der Waals surface area contributed by atoms with Crippen LogP contribution in [-0.2, 0) is 19.1 Å². The van der Waals surface area contributed by atoms with E-state index in [0.717, 1.165) is 11.3 Å². The van der Waals surface area contributed by atoms with Crippen LogP contribution in [0.5, 0.6) is 0 Å². The first kappa shape index (κ1) is 24.6. The lowest BCUT2D eigenvalue weighted by atomic mass is 10.1. The molecule has 10 heteroatoms. The number of esters is 2. The maximum absolute atomic E-state index is 12.4. The first-order valence-electron chi connectivity index (χ1n) is 9.35. The molecule has 1 aromatic heterocycles. The highest BCUT2D eigenvalue weighted by molar-refractivity contribution is 7.18. The van der Waals surface area contributed by atoms with Crippen LogP contribution >= 0.6 is 11.3 Å². The Bertz CT molecular complexity index is 759. The van der Waals surface area contributed by atoms with Crippen molar-refractivity contribution in [2.45, 2.75) is 40.7 Å². The van der Waals surface area contributed by atoms with Gasteiger partial charge in [0.2, 0.25) is 11.8 Å². The minimum atomic E-state index is -0.628. The smallest absolute Gasteiger partial charge is 0.348 e. The molecule has 0 atom stereocenters. The van der Waals surface area contributed by atoms with Crippen LogP contribution in [0.1, 0.15) is 53.3 Å². The van der Waals surface area contributed by atoms with Crippen molar-refractivity contribution in [3.63, 3.8) is 0 Å². The van der Waals surface area contributed by atoms with Gasteiger partial charge in [0.1, 0.15) is 9.88 Å². The van der Waals surface area contributed by atoms with Crippen LogP contribution in [0.2, 0.25) is 0 Å². The molecule has 0 saturated carbocycles. The molecule has 1 heterocycles. The van der Waals surface area contributed by atoms with Crippen molar-refractivity contribution in [3.8, 4) is 0 Å². The molecule has 0 bridgehead atoms. The van der Waals surface area contributed by atoms with E-state index in [1.165, 1.54) is 0 Å². The van der Waals surface area contributed by atoms with E-state index < -0.39 is 17.8 Å². The third-order valence-corrected chi connectivity index (χ3v) is 4.80. The van der Waals surface area contributed by atoms with E-state index in [0.29, 0.717) is 5.56 Å². The van der Waals surface area contributed by atoms with Gasteiger partial charge in [-0.2, -0.15) is 0 Å². The van der Waals surface area contributed by atoms with Crippen molar-refractivity contribution in [2.24, 2.45) is 0 Å². The van der Waals surface area contributed by atoms with E-state index in [1.807, 2.05) is 13.8 Å². The molecule has 9 nitrogen and oxygen atoms in total.